The molecule has 5 heteroatoms. The summed E-state index contributed by atoms with van der Waals surface area (Å²) in [4.78, 5) is 4.52. The fraction of sp³-hybridized carbons (Fsp3) is 0.857. The van der Waals surface area contributed by atoms with Crippen molar-refractivity contribution in [2.45, 2.75) is 70.4 Å². The number of hydrogen-bond donors (Lipinski definition) is 1. The van der Waals surface area contributed by atoms with Crippen molar-refractivity contribution in [2.75, 3.05) is 6.61 Å². The van der Waals surface area contributed by atoms with E-state index in [4.69, 9.17) is 15.0 Å². The van der Waals surface area contributed by atoms with Gasteiger partial charge in [-0.3, -0.25) is 0 Å². The topological polar surface area (TPSA) is 74.2 Å². The Balaban J connectivity index is 2.12. The molecule has 1 aromatic rings. The van der Waals surface area contributed by atoms with Crippen LogP contribution in [0.4, 0.5) is 0 Å². The molecule has 1 atom stereocenters. The van der Waals surface area contributed by atoms with Crippen LogP contribution in [0.5, 0.6) is 0 Å². The molecular weight excluding hydrogens is 242 g/mol. The predicted molar refractivity (Wildman–Crippen MR) is 72.5 cm³/mol. The summed E-state index contributed by atoms with van der Waals surface area (Å²) >= 11 is 0. The van der Waals surface area contributed by atoms with E-state index in [-0.39, 0.29) is 6.10 Å². The summed E-state index contributed by atoms with van der Waals surface area (Å²) in [5.41, 5.74) is 5.98. The van der Waals surface area contributed by atoms with Gasteiger partial charge in [-0.2, -0.15) is 4.98 Å². The Bertz CT molecular complexity index is 380. The van der Waals surface area contributed by atoms with Crippen molar-refractivity contribution in [1.82, 2.24) is 10.1 Å². The average Bonchev–Trinajstić information content (AvgIpc) is 2.90. The van der Waals surface area contributed by atoms with Gasteiger partial charge in [-0.15, -0.1) is 0 Å². The van der Waals surface area contributed by atoms with Crippen molar-refractivity contribution < 1.29 is 9.26 Å². The number of nitrogens with two attached hydrogens (primary N) is 1. The third kappa shape index (κ3) is 3.34. The zero-order chi connectivity index (χ0) is 13.7. The number of rotatable bonds is 6. The Morgan fingerprint density at radius 3 is 2.68 bits per heavy atom. The average molecular weight is 267 g/mol. The number of hydrogen-bond acceptors (Lipinski definition) is 5. The smallest absolute Gasteiger partial charge is 0.246 e. The molecule has 1 heterocycles. The Kier molecular flexibility index (Phi) is 4.93. The normalized spacial score (nSPS) is 20.4. The van der Waals surface area contributed by atoms with Gasteiger partial charge >= 0.3 is 0 Å². The van der Waals surface area contributed by atoms with E-state index in [0.29, 0.717) is 18.3 Å². The lowest BCUT2D eigenvalue weighted by Crippen LogP contribution is -2.39. The van der Waals surface area contributed by atoms with Gasteiger partial charge in [0.25, 0.3) is 0 Å². The molecule has 1 aromatic heterocycles. The highest BCUT2D eigenvalue weighted by Crippen LogP contribution is 2.34. The fourth-order valence-corrected chi connectivity index (χ4v) is 2.71. The van der Waals surface area contributed by atoms with Gasteiger partial charge in [0.15, 0.2) is 0 Å². The molecule has 0 aromatic carbocycles. The Labute approximate surface area is 114 Å². The first-order valence-corrected chi connectivity index (χ1v) is 7.44. The van der Waals surface area contributed by atoms with Crippen LogP contribution in [0.3, 0.4) is 0 Å². The van der Waals surface area contributed by atoms with E-state index < -0.39 is 5.54 Å². The van der Waals surface area contributed by atoms with Crippen LogP contribution in [-0.4, -0.2) is 16.7 Å². The van der Waals surface area contributed by atoms with E-state index in [1.54, 1.807) is 0 Å². The lowest BCUT2D eigenvalue weighted by molar-refractivity contribution is 0.0477. The summed E-state index contributed by atoms with van der Waals surface area (Å²) < 4.78 is 11.1. The molecule has 1 saturated carbocycles. The fourth-order valence-electron chi connectivity index (χ4n) is 2.71. The van der Waals surface area contributed by atoms with Crippen LogP contribution >= 0.6 is 0 Å². The molecule has 0 saturated heterocycles. The summed E-state index contributed by atoms with van der Waals surface area (Å²) in [5.74, 6) is 1.23. The maximum absolute atomic E-state index is 6.40. The summed E-state index contributed by atoms with van der Waals surface area (Å²) in [6.07, 6.45) is 7.25. The van der Waals surface area contributed by atoms with E-state index in [1.807, 2.05) is 6.92 Å². The molecule has 1 aliphatic rings. The Morgan fingerprint density at radius 2 is 2.05 bits per heavy atom. The maximum Gasteiger partial charge on any atom is 0.246 e. The van der Waals surface area contributed by atoms with Crippen LogP contribution in [0.15, 0.2) is 4.52 Å². The highest BCUT2D eigenvalue weighted by atomic mass is 16.5. The van der Waals surface area contributed by atoms with Crippen LogP contribution in [0, 0.1) is 0 Å². The van der Waals surface area contributed by atoms with Crippen LogP contribution in [-0.2, 0) is 10.3 Å². The van der Waals surface area contributed by atoms with Crippen LogP contribution in [0.25, 0.3) is 0 Å². The van der Waals surface area contributed by atoms with Crippen molar-refractivity contribution in [2.24, 2.45) is 5.73 Å². The molecule has 2 rings (SSSR count). The van der Waals surface area contributed by atoms with Crippen molar-refractivity contribution in [3.63, 3.8) is 0 Å². The van der Waals surface area contributed by atoms with E-state index in [9.17, 15) is 0 Å². The van der Waals surface area contributed by atoms with Gasteiger partial charge in [0, 0.05) is 6.61 Å². The van der Waals surface area contributed by atoms with Crippen LogP contribution in [0.1, 0.15) is 76.6 Å². The highest BCUT2D eigenvalue weighted by molar-refractivity contribution is 5.04. The molecule has 5 nitrogen and oxygen atoms in total. The molecule has 0 radical (unpaired) electrons. The van der Waals surface area contributed by atoms with Crippen molar-refractivity contribution in [3.05, 3.63) is 11.7 Å². The molecule has 0 spiro atoms. The van der Waals surface area contributed by atoms with Crippen LogP contribution in [0.2, 0.25) is 0 Å². The van der Waals surface area contributed by atoms with Gasteiger partial charge in [0.1, 0.15) is 6.10 Å². The van der Waals surface area contributed by atoms with Crippen molar-refractivity contribution in [1.29, 1.82) is 0 Å². The van der Waals surface area contributed by atoms with Gasteiger partial charge in [-0.1, -0.05) is 37.8 Å². The second-order valence-electron chi connectivity index (χ2n) is 5.41. The summed E-state index contributed by atoms with van der Waals surface area (Å²) in [6, 6.07) is 0. The Hall–Kier alpha value is -0.940. The third-order valence-electron chi connectivity index (χ3n) is 3.82. The zero-order valence-corrected chi connectivity index (χ0v) is 12.0. The van der Waals surface area contributed by atoms with E-state index in [0.717, 1.165) is 38.5 Å². The quantitative estimate of drug-likeness (QED) is 0.857. The van der Waals surface area contributed by atoms with Gasteiger partial charge < -0.3 is 15.0 Å². The SMILES string of the molecule is CCCC(OCC)c1noc(C2(N)CCCCC2)n1. The van der Waals surface area contributed by atoms with E-state index in [1.165, 1.54) is 6.42 Å². The summed E-state index contributed by atoms with van der Waals surface area (Å²) in [5, 5.41) is 4.08. The second-order valence-corrected chi connectivity index (χ2v) is 5.41. The first kappa shape index (κ1) is 14.5. The minimum atomic E-state index is -0.424. The molecule has 0 amide bonds. The van der Waals surface area contributed by atoms with Gasteiger partial charge in [-0.25, -0.2) is 0 Å². The largest absolute Gasteiger partial charge is 0.370 e. The molecule has 1 fully saturated rings. The minimum Gasteiger partial charge on any atom is -0.370 e. The summed E-state index contributed by atoms with van der Waals surface area (Å²) in [6.45, 7) is 4.76. The number of aromatic nitrogens is 2. The monoisotopic (exact) mass is 267 g/mol. The zero-order valence-electron chi connectivity index (χ0n) is 12.0. The minimum absolute atomic E-state index is 0.0697. The highest BCUT2D eigenvalue weighted by Gasteiger charge is 2.35. The molecule has 0 aliphatic heterocycles. The second kappa shape index (κ2) is 6.48. The molecular formula is C14H25N3O2. The molecule has 1 unspecified atom stereocenters. The van der Waals surface area contributed by atoms with Gasteiger partial charge in [0.05, 0.1) is 5.54 Å². The van der Waals surface area contributed by atoms with Crippen molar-refractivity contribution >= 4 is 0 Å². The van der Waals surface area contributed by atoms with Gasteiger partial charge in [0.2, 0.25) is 11.7 Å². The van der Waals surface area contributed by atoms with E-state index in [2.05, 4.69) is 17.1 Å². The third-order valence-corrected chi connectivity index (χ3v) is 3.82. The first-order chi connectivity index (χ1) is 9.19. The molecule has 1 aliphatic carbocycles. The van der Waals surface area contributed by atoms with Crippen molar-refractivity contribution in [3.8, 4) is 0 Å². The first-order valence-electron chi connectivity index (χ1n) is 7.44. The predicted octanol–water partition coefficient (Wildman–Crippen LogP) is 3.07. The molecule has 108 valence electrons. The summed E-state index contributed by atoms with van der Waals surface area (Å²) in [7, 11) is 0. The maximum atomic E-state index is 6.40. The number of ether oxygens (including phenoxy) is 1. The van der Waals surface area contributed by atoms with Crippen LogP contribution < -0.4 is 5.73 Å². The van der Waals surface area contributed by atoms with E-state index >= 15 is 0 Å². The standard InChI is InChI=1S/C14H25N3O2/c1-3-8-11(18-4-2)12-16-13(19-17-12)14(15)9-6-5-7-10-14/h11H,3-10,15H2,1-2H3. The molecule has 2 N–H and O–H groups in total. The number of nitrogens with zero attached hydrogens (tertiary/aromatic N) is 2. The van der Waals surface area contributed by atoms with Gasteiger partial charge in [-0.05, 0) is 26.2 Å². The lowest BCUT2D eigenvalue weighted by atomic mass is 9.82. The lowest BCUT2D eigenvalue weighted by Gasteiger charge is -2.29. The molecule has 0 bridgehead atoms. The molecule has 19 heavy (non-hydrogen) atoms. The Morgan fingerprint density at radius 1 is 1.32 bits per heavy atom.